The monoisotopic (exact) mass is 338 g/mol. The molecule has 0 saturated carbocycles. The molecule has 0 bridgehead atoms. The van der Waals surface area contributed by atoms with Crippen LogP contribution < -0.4 is 5.32 Å². The fourth-order valence-electron chi connectivity index (χ4n) is 2.07. The molecular formula is C15H19BrN2S. The van der Waals surface area contributed by atoms with E-state index in [1.54, 1.807) is 0 Å². The number of halogens is 1. The van der Waals surface area contributed by atoms with Crippen molar-refractivity contribution >= 4 is 27.3 Å². The fourth-order valence-corrected chi connectivity index (χ4v) is 3.57. The minimum atomic E-state index is 0.368. The van der Waals surface area contributed by atoms with Crippen molar-refractivity contribution in [3.05, 3.63) is 50.4 Å². The number of pyridine rings is 1. The molecule has 0 aliphatic rings. The topological polar surface area (TPSA) is 24.9 Å². The Morgan fingerprint density at radius 2 is 2.26 bits per heavy atom. The zero-order valence-electron chi connectivity index (χ0n) is 11.3. The Morgan fingerprint density at radius 3 is 2.89 bits per heavy atom. The van der Waals surface area contributed by atoms with Gasteiger partial charge in [0.05, 0.1) is 0 Å². The van der Waals surface area contributed by atoms with Crippen molar-refractivity contribution in [2.75, 3.05) is 6.54 Å². The molecule has 2 aromatic heterocycles. The highest BCUT2D eigenvalue weighted by atomic mass is 79.9. The van der Waals surface area contributed by atoms with E-state index in [1.165, 1.54) is 14.9 Å². The van der Waals surface area contributed by atoms with E-state index < -0.39 is 0 Å². The van der Waals surface area contributed by atoms with E-state index in [-0.39, 0.29) is 0 Å². The number of nitrogens with one attached hydrogen (secondary N) is 1. The molecule has 1 N–H and O–H groups in total. The molecular weight excluding hydrogens is 320 g/mol. The highest BCUT2D eigenvalue weighted by molar-refractivity contribution is 9.10. The highest BCUT2D eigenvalue weighted by Gasteiger charge is 2.13. The van der Waals surface area contributed by atoms with Gasteiger partial charge in [-0.25, -0.2) is 0 Å². The molecule has 0 aromatic carbocycles. The molecule has 0 aliphatic heterocycles. The van der Waals surface area contributed by atoms with Gasteiger partial charge in [-0.1, -0.05) is 6.92 Å². The quantitative estimate of drug-likeness (QED) is 0.838. The number of aryl methyl sites for hydroxylation is 1. The Hall–Kier alpha value is -0.710. The summed E-state index contributed by atoms with van der Waals surface area (Å²) < 4.78 is 1.17. The number of aromatic nitrogens is 1. The number of thiophene rings is 1. The maximum Gasteiger partial charge on any atom is 0.0375 e. The molecule has 0 aliphatic carbocycles. The second-order valence-corrected chi connectivity index (χ2v) is 6.58. The second-order valence-electron chi connectivity index (χ2n) is 4.67. The summed E-state index contributed by atoms with van der Waals surface area (Å²) in [5.74, 6) is 0. The maximum atomic E-state index is 4.28. The summed E-state index contributed by atoms with van der Waals surface area (Å²) in [5, 5.41) is 5.78. The zero-order chi connectivity index (χ0) is 13.7. The summed E-state index contributed by atoms with van der Waals surface area (Å²) >= 11 is 5.33. The Morgan fingerprint density at radius 1 is 1.42 bits per heavy atom. The van der Waals surface area contributed by atoms with E-state index in [9.17, 15) is 0 Å². The molecule has 0 fully saturated rings. The van der Waals surface area contributed by atoms with E-state index in [1.807, 2.05) is 24.5 Å². The van der Waals surface area contributed by atoms with Gasteiger partial charge in [-0.05, 0) is 59.6 Å². The largest absolute Gasteiger partial charge is 0.310 e. The molecule has 0 radical (unpaired) electrons. The van der Waals surface area contributed by atoms with Crippen molar-refractivity contribution in [3.8, 4) is 0 Å². The van der Waals surface area contributed by atoms with Crippen molar-refractivity contribution in [2.45, 2.75) is 32.7 Å². The summed E-state index contributed by atoms with van der Waals surface area (Å²) in [7, 11) is 0. The highest BCUT2D eigenvalue weighted by Crippen LogP contribution is 2.25. The second kappa shape index (κ2) is 7.17. The molecule has 2 aromatic rings. The van der Waals surface area contributed by atoms with Crippen LogP contribution in [0.4, 0.5) is 0 Å². The molecule has 0 amide bonds. The SMILES string of the molecule is CCCNC(Cc1cc(Br)cs1)c1ccnc(C)c1. The number of nitrogens with zero attached hydrogens (tertiary/aromatic N) is 1. The molecule has 2 rings (SSSR count). The van der Waals surface area contributed by atoms with Crippen LogP contribution in [0.3, 0.4) is 0 Å². The third kappa shape index (κ3) is 4.41. The smallest absolute Gasteiger partial charge is 0.0375 e. The van der Waals surface area contributed by atoms with E-state index in [4.69, 9.17) is 0 Å². The van der Waals surface area contributed by atoms with Crippen molar-refractivity contribution in [2.24, 2.45) is 0 Å². The zero-order valence-corrected chi connectivity index (χ0v) is 13.7. The molecule has 2 heterocycles. The van der Waals surface area contributed by atoms with Crippen LogP contribution in [0.15, 0.2) is 34.2 Å². The number of rotatable bonds is 6. The number of hydrogen-bond acceptors (Lipinski definition) is 3. The van der Waals surface area contributed by atoms with Gasteiger partial charge in [0.2, 0.25) is 0 Å². The molecule has 4 heteroatoms. The Labute approximate surface area is 127 Å². The van der Waals surface area contributed by atoms with Crippen LogP contribution >= 0.6 is 27.3 Å². The predicted molar refractivity (Wildman–Crippen MR) is 85.7 cm³/mol. The summed E-state index contributed by atoms with van der Waals surface area (Å²) in [5.41, 5.74) is 2.40. The summed E-state index contributed by atoms with van der Waals surface area (Å²) in [6.07, 6.45) is 4.07. The average molecular weight is 339 g/mol. The first-order valence-electron chi connectivity index (χ1n) is 6.58. The first-order valence-corrected chi connectivity index (χ1v) is 8.25. The van der Waals surface area contributed by atoms with E-state index in [0.29, 0.717) is 6.04 Å². The standard InChI is InChI=1S/C15H19BrN2S/c1-3-5-18-15(9-14-8-13(16)10-19-14)12-4-6-17-11(2)7-12/h4,6-8,10,15,18H,3,5,9H2,1-2H3. The van der Waals surface area contributed by atoms with Crippen molar-refractivity contribution in [1.82, 2.24) is 10.3 Å². The van der Waals surface area contributed by atoms with Crippen LogP contribution in [0.1, 0.15) is 35.5 Å². The lowest BCUT2D eigenvalue weighted by atomic mass is 10.0. The fraction of sp³-hybridized carbons (Fsp3) is 0.400. The Kier molecular flexibility index (Phi) is 5.55. The number of hydrogen-bond donors (Lipinski definition) is 1. The lowest BCUT2D eigenvalue weighted by Crippen LogP contribution is -2.24. The Bertz CT molecular complexity index is 524. The van der Waals surface area contributed by atoms with Gasteiger partial charge >= 0.3 is 0 Å². The molecule has 1 atom stereocenters. The van der Waals surface area contributed by atoms with Crippen LogP contribution in [0.25, 0.3) is 0 Å². The van der Waals surface area contributed by atoms with Gasteiger partial charge in [-0.2, -0.15) is 0 Å². The third-order valence-corrected chi connectivity index (χ3v) is 4.71. The minimum absolute atomic E-state index is 0.368. The van der Waals surface area contributed by atoms with E-state index in [2.05, 4.69) is 56.7 Å². The van der Waals surface area contributed by atoms with Crippen molar-refractivity contribution < 1.29 is 0 Å². The predicted octanol–water partition coefficient (Wildman–Crippen LogP) is 4.50. The summed E-state index contributed by atoms with van der Waals surface area (Å²) in [4.78, 5) is 5.68. The van der Waals surface area contributed by atoms with Crippen LogP contribution in [0.2, 0.25) is 0 Å². The third-order valence-electron chi connectivity index (χ3n) is 2.99. The normalized spacial score (nSPS) is 12.6. The lowest BCUT2D eigenvalue weighted by molar-refractivity contribution is 0.531. The van der Waals surface area contributed by atoms with E-state index >= 15 is 0 Å². The summed E-state index contributed by atoms with van der Waals surface area (Å²) in [6, 6.07) is 6.87. The van der Waals surface area contributed by atoms with Crippen molar-refractivity contribution in [3.63, 3.8) is 0 Å². The first kappa shape index (κ1) is 14.7. The molecule has 1 unspecified atom stereocenters. The average Bonchev–Trinajstić information content (AvgIpc) is 2.80. The van der Waals surface area contributed by atoms with Crippen LogP contribution in [-0.4, -0.2) is 11.5 Å². The molecule has 2 nitrogen and oxygen atoms in total. The molecule has 19 heavy (non-hydrogen) atoms. The van der Waals surface area contributed by atoms with Crippen LogP contribution in [0.5, 0.6) is 0 Å². The lowest BCUT2D eigenvalue weighted by Gasteiger charge is -2.18. The van der Waals surface area contributed by atoms with Gasteiger partial charge in [-0.3, -0.25) is 4.98 Å². The molecule has 0 saturated heterocycles. The minimum Gasteiger partial charge on any atom is -0.310 e. The first-order chi connectivity index (χ1) is 9.19. The van der Waals surface area contributed by atoms with Crippen molar-refractivity contribution in [1.29, 1.82) is 0 Å². The maximum absolute atomic E-state index is 4.28. The van der Waals surface area contributed by atoms with Gasteiger partial charge in [0, 0.05) is 39.1 Å². The Balaban J connectivity index is 2.15. The van der Waals surface area contributed by atoms with Gasteiger partial charge < -0.3 is 5.32 Å². The molecule has 0 spiro atoms. The van der Waals surface area contributed by atoms with Gasteiger partial charge in [0.25, 0.3) is 0 Å². The molecule has 102 valence electrons. The van der Waals surface area contributed by atoms with Crippen LogP contribution in [-0.2, 0) is 6.42 Å². The van der Waals surface area contributed by atoms with Gasteiger partial charge in [0.1, 0.15) is 0 Å². The summed E-state index contributed by atoms with van der Waals surface area (Å²) in [6.45, 7) is 5.28. The van der Waals surface area contributed by atoms with Crippen LogP contribution in [0, 0.1) is 6.92 Å². The van der Waals surface area contributed by atoms with E-state index in [0.717, 1.165) is 25.1 Å². The van der Waals surface area contributed by atoms with Gasteiger partial charge in [0.15, 0.2) is 0 Å². The van der Waals surface area contributed by atoms with Gasteiger partial charge in [-0.15, -0.1) is 11.3 Å².